The van der Waals surface area contributed by atoms with Crippen LogP contribution in [0.3, 0.4) is 0 Å². The van der Waals surface area contributed by atoms with Gasteiger partial charge >= 0.3 is 6.09 Å². The number of pyridine rings is 1. The molecule has 0 bridgehead atoms. The number of amides is 2. The minimum Gasteiger partial charge on any atom is -0.447 e. The molecule has 1 N–H and O–H groups in total. The van der Waals surface area contributed by atoms with Crippen molar-refractivity contribution in [1.82, 2.24) is 15.2 Å². The lowest BCUT2D eigenvalue weighted by Gasteiger charge is -2.41. The fraction of sp³-hybridized carbons (Fsp3) is 0.211. The van der Waals surface area contributed by atoms with Gasteiger partial charge in [0, 0.05) is 12.4 Å². The van der Waals surface area contributed by atoms with E-state index in [9.17, 15) is 9.59 Å². The number of benzene rings is 1. The highest BCUT2D eigenvalue weighted by Gasteiger charge is 2.50. The van der Waals surface area contributed by atoms with E-state index in [0.29, 0.717) is 0 Å². The third-order valence-electron chi connectivity index (χ3n) is 4.49. The summed E-state index contributed by atoms with van der Waals surface area (Å²) in [7, 11) is 0. The number of rotatable bonds is 4. The summed E-state index contributed by atoms with van der Waals surface area (Å²) in [6, 6.07) is 12.3. The third-order valence-corrected chi connectivity index (χ3v) is 4.49. The molecule has 1 aromatic carbocycles. The molecule has 2 fully saturated rings. The Morgan fingerprint density at radius 2 is 2.00 bits per heavy atom. The predicted molar refractivity (Wildman–Crippen MR) is 91.4 cm³/mol. The van der Waals surface area contributed by atoms with Gasteiger partial charge in [-0.2, -0.15) is 0 Å². The van der Waals surface area contributed by atoms with Gasteiger partial charge in [-0.1, -0.05) is 48.6 Å². The van der Waals surface area contributed by atoms with Gasteiger partial charge in [-0.15, -0.1) is 0 Å². The fourth-order valence-electron chi connectivity index (χ4n) is 3.21. The molecule has 0 aliphatic carbocycles. The summed E-state index contributed by atoms with van der Waals surface area (Å²) in [5.74, 6) is -0.166. The summed E-state index contributed by atoms with van der Waals surface area (Å²) < 4.78 is 5.22. The molecular weight excluding hydrogens is 318 g/mol. The van der Waals surface area contributed by atoms with E-state index in [1.165, 1.54) is 0 Å². The van der Waals surface area contributed by atoms with Crippen molar-refractivity contribution < 1.29 is 14.3 Å². The van der Waals surface area contributed by atoms with Crippen LogP contribution < -0.4 is 5.32 Å². The van der Waals surface area contributed by atoms with Crippen LogP contribution in [0.15, 0.2) is 60.9 Å². The molecule has 6 heteroatoms. The monoisotopic (exact) mass is 335 g/mol. The van der Waals surface area contributed by atoms with Gasteiger partial charge in [0.05, 0.1) is 12.1 Å². The van der Waals surface area contributed by atoms with Gasteiger partial charge in [0.1, 0.15) is 12.6 Å². The van der Waals surface area contributed by atoms with Crippen LogP contribution in [0.5, 0.6) is 0 Å². The molecule has 2 amide bonds. The number of β-lactam (4-membered cyclic amide) rings is 1. The maximum absolute atomic E-state index is 12.2. The smallest absolute Gasteiger partial charge is 0.411 e. The molecule has 4 rings (SSSR count). The fourth-order valence-corrected chi connectivity index (χ4v) is 3.21. The molecule has 2 aromatic rings. The van der Waals surface area contributed by atoms with Crippen LogP contribution in [0.1, 0.15) is 17.2 Å². The Hall–Kier alpha value is -3.15. The first kappa shape index (κ1) is 15.4. The highest BCUT2D eigenvalue weighted by Crippen LogP contribution is 2.33. The average Bonchev–Trinajstić information content (AvgIpc) is 3.01. The second-order valence-corrected chi connectivity index (χ2v) is 6.04. The highest BCUT2D eigenvalue weighted by molar-refractivity contribution is 5.93. The second-order valence-electron chi connectivity index (χ2n) is 6.04. The number of nitrogens with one attached hydrogen (secondary N) is 1. The Kier molecular flexibility index (Phi) is 3.93. The molecule has 0 spiro atoms. The quantitative estimate of drug-likeness (QED) is 0.869. The van der Waals surface area contributed by atoms with E-state index in [0.717, 1.165) is 11.1 Å². The van der Waals surface area contributed by atoms with Gasteiger partial charge in [-0.3, -0.25) is 14.7 Å². The van der Waals surface area contributed by atoms with Crippen molar-refractivity contribution in [3.63, 3.8) is 0 Å². The predicted octanol–water partition coefficient (Wildman–Crippen LogP) is 2.16. The molecule has 6 nitrogen and oxygen atoms in total. The zero-order valence-corrected chi connectivity index (χ0v) is 13.4. The van der Waals surface area contributed by atoms with E-state index < -0.39 is 12.1 Å². The lowest BCUT2D eigenvalue weighted by Crippen LogP contribution is -2.68. The zero-order valence-electron chi connectivity index (χ0n) is 13.4. The normalized spacial score (nSPS) is 25.6. The SMILES string of the molecule is O=C1NC(/C=C/c2cccnc2)C1N1C(=O)OC[C@@H]1c1ccccc1. The number of nitrogens with zero attached hydrogens (tertiary/aromatic N) is 2. The summed E-state index contributed by atoms with van der Waals surface area (Å²) in [4.78, 5) is 30.0. The van der Waals surface area contributed by atoms with Crippen LogP contribution >= 0.6 is 0 Å². The molecule has 0 radical (unpaired) electrons. The van der Waals surface area contributed by atoms with Crippen molar-refractivity contribution in [2.75, 3.05) is 6.61 Å². The molecule has 1 aromatic heterocycles. The average molecular weight is 335 g/mol. The summed E-state index contributed by atoms with van der Waals surface area (Å²) in [5, 5.41) is 2.84. The number of cyclic esters (lactones) is 1. The number of carbonyl (C=O) groups excluding carboxylic acids is 2. The topological polar surface area (TPSA) is 71.5 Å². The van der Waals surface area contributed by atoms with Gasteiger partial charge in [0.2, 0.25) is 5.91 Å². The molecular formula is C19H17N3O3. The zero-order chi connectivity index (χ0) is 17.2. The van der Waals surface area contributed by atoms with E-state index in [2.05, 4.69) is 10.3 Å². The van der Waals surface area contributed by atoms with E-state index >= 15 is 0 Å². The number of hydrogen-bond donors (Lipinski definition) is 1. The summed E-state index contributed by atoms with van der Waals surface area (Å²) in [6.45, 7) is 0.256. The number of ether oxygens (including phenoxy) is 1. The minimum absolute atomic E-state index is 0.166. The van der Waals surface area contributed by atoms with Crippen molar-refractivity contribution in [3.05, 3.63) is 72.1 Å². The molecule has 2 aliphatic heterocycles. The Labute approximate surface area is 145 Å². The van der Waals surface area contributed by atoms with E-state index in [-0.39, 0.29) is 24.6 Å². The molecule has 0 saturated carbocycles. The lowest BCUT2D eigenvalue weighted by atomic mass is 9.93. The van der Waals surface area contributed by atoms with Crippen LogP contribution in [-0.2, 0) is 9.53 Å². The number of carbonyl (C=O) groups is 2. The van der Waals surface area contributed by atoms with Crippen LogP contribution in [0.2, 0.25) is 0 Å². The van der Waals surface area contributed by atoms with Crippen molar-refractivity contribution in [3.8, 4) is 0 Å². The largest absolute Gasteiger partial charge is 0.447 e. The van der Waals surface area contributed by atoms with E-state index in [1.807, 2.05) is 54.6 Å². The van der Waals surface area contributed by atoms with Crippen LogP contribution in [0.4, 0.5) is 4.79 Å². The van der Waals surface area contributed by atoms with Gasteiger partial charge in [-0.25, -0.2) is 4.79 Å². The molecule has 2 aliphatic rings. The van der Waals surface area contributed by atoms with Gasteiger partial charge in [0.25, 0.3) is 0 Å². The molecule has 3 atom stereocenters. The third kappa shape index (κ3) is 2.87. The van der Waals surface area contributed by atoms with Gasteiger partial charge in [0.15, 0.2) is 0 Å². The first-order chi connectivity index (χ1) is 12.2. The number of aromatic nitrogens is 1. The Bertz CT molecular complexity index is 807. The van der Waals surface area contributed by atoms with Crippen LogP contribution in [0, 0.1) is 0 Å². The van der Waals surface area contributed by atoms with Crippen LogP contribution in [0.25, 0.3) is 6.08 Å². The second kappa shape index (κ2) is 6.39. The maximum atomic E-state index is 12.2. The Morgan fingerprint density at radius 3 is 2.72 bits per heavy atom. The molecule has 126 valence electrons. The van der Waals surface area contributed by atoms with E-state index in [1.54, 1.807) is 17.3 Å². The maximum Gasteiger partial charge on any atom is 0.411 e. The van der Waals surface area contributed by atoms with Crippen molar-refractivity contribution in [2.24, 2.45) is 0 Å². The first-order valence-electron chi connectivity index (χ1n) is 8.13. The van der Waals surface area contributed by atoms with E-state index in [4.69, 9.17) is 4.74 Å². The molecule has 3 heterocycles. The Morgan fingerprint density at radius 1 is 1.16 bits per heavy atom. The molecule has 2 saturated heterocycles. The first-order valence-corrected chi connectivity index (χ1v) is 8.13. The lowest BCUT2D eigenvalue weighted by molar-refractivity contribution is -0.134. The highest BCUT2D eigenvalue weighted by atomic mass is 16.6. The van der Waals surface area contributed by atoms with Crippen molar-refractivity contribution >= 4 is 18.1 Å². The van der Waals surface area contributed by atoms with Crippen LogP contribution in [-0.4, -0.2) is 40.6 Å². The summed E-state index contributed by atoms with van der Waals surface area (Å²) >= 11 is 0. The standard InChI is InChI=1S/C19H17N3O3/c23-18-17(15(21-18)9-8-13-5-4-10-20-11-13)22-16(12-25-19(22)24)14-6-2-1-3-7-14/h1-11,15-17H,12H2,(H,21,23)/b9-8+/t15?,16-,17?/m1/s1. The summed E-state index contributed by atoms with van der Waals surface area (Å²) in [5.41, 5.74) is 1.90. The van der Waals surface area contributed by atoms with Gasteiger partial charge < -0.3 is 10.1 Å². The van der Waals surface area contributed by atoms with Gasteiger partial charge in [-0.05, 0) is 17.2 Å². The minimum atomic E-state index is -0.562. The van der Waals surface area contributed by atoms with Crippen molar-refractivity contribution in [1.29, 1.82) is 0 Å². The molecule has 2 unspecified atom stereocenters. The van der Waals surface area contributed by atoms with Crippen molar-refractivity contribution in [2.45, 2.75) is 18.1 Å². The Balaban J connectivity index is 1.57. The summed E-state index contributed by atoms with van der Waals surface area (Å²) in [6.07, 6.45) is 6.77. The molecule has 25 heavy (non-hydrogen) atoms. The number of hydrogen-bond acceptors (Lipinski definition) is 4.